The molecule has 0 aliphatic carbocycles. The maximum atomic E-state index is 12.7. The average Bonchev–Trinajstić information content (AvgIpc) is 3.26. The van der Waals surface area contributed by atoms with E-state index in [2.05, 4.69) is 15.6 Å². The Balaban J connectivity index is 1.68. The lowest BCUT2D eigenvalue weighted by Crippen LogP contribution is -2.40. The van der Waals surface area contributed by atoms with Crippen molar-refractivity contribution in [2.24, 2.45) is 0 Å². The zero-order chi connectivity index (χ0) is 30.9. The fourth-order valence-corrected chi connectivity index (χ4v) is 4.25. The van der Waals surface area contributed by atoms with Crippen LogP contribution in [0.25, 0.3) is 0 Å². The molecule has 1 aromatic rings. The number of nitrogens with zero attached hydrogens (tertiary/aromatic N) is 2. The maximum absolute atomic E-state index is 12.7. The number of esters is 2. The molecule has 228 valence electrons. The van der Waals surface area contributed by atoms with E-state index in [1.807, 2.05) is 0 Å². The van der Waals surface area contributed by atoms with Crippen LogP contribution in [0.15, 0.2) is 17.1 Å². The summed E-state index contributed by atoms with van der Waals surface area (Å²) >= 11 is 4.72. The Morgan fingerprint density at radius 2 is 1.78 bits per heavy atom. The Kier molecular flexibility index (Phi) is 14.8. The molecule has 0 radical (unpaired) electrons. The standard InChI is InChI=1S/C25H37N4O10PS/c1-16-22(38-17(2)30)23(39-18(3)31)24(37-16)29-10-8-20(28-25(29)34)26-9-12-36-14-13-35-11-4-5-19(32)6-7-21(33)27-15-40-41/h8,10,16,22-24H,4-7,9,11-15H2,1-3H3,(H,27,33)(H,26,28,34)/t16-,22?,23+,24-/m1/s1/i1D. The van der Waals surface area contributed by atoms with Gasteiger partial charge in [-0.25, -0.2) is 4.79 Å². The highest BCUT2D eigenvalue weighted by Crippen LogP contribution is 2.33. The molecule has 0 saturated carbocycles. The molecular formula is C25H37N4O10PS. The van der Waals surface area contributed by atoms with Gasteiger partial charge in [0.05, 0.1) is 32.2 Å². The van der Waals surface area contributed by atoms with Crippen LogP contribution in [0.2, 0.25) is 0 Å². The van der Waals surface area contributed by atoms with Gasteiger partial charge in [0.15, 0.2) is 18.4 Å². The molecule has 4 atom stereocenters. The summed E-state index contributed by atoms with van der Waals surface area (Å²) in [5, 5.41) is 5.60. The van der Waals surface area contributed by atoms with Crippen LogP contribution in [0.3, 0.4) is 0 Å². The van der Waals surface area contributed by atoms with Crippen LogP contribution in [0, 0.1) is 0 Å². The largest absolute Gasteiger partial charge is 0.456 e. The van der Waals surface area contributed by atoms with Gasteiger partial charge in [-0.3, -0.25) is 23.7 Å². The van der Waals surface area contributed by atoms with E-state index in [1.54, 1.807) is 0 Å². The quantitative estimate of drug-likeness (QED) is 0.128. The molecule has 1 aromatic heterocycles. The molecule has 1 saturated heterocycles. The second-order valence-electron chi connectivity index (χ2n) is 8.90. The summed E-state index contributed by atoms with van der Waals surface area (Å²) in [5.41, 5.74) is -0.697. The smallest absolute Gasteiger partial charge is 0.351 e. The van der Waals surface area contributed by atoms with Gasteiger partial charge >= 0.3 is 17.6 Å². The number of ether oxygens (including phenoxy) is 5. The zero-order valence-electron chi connectivity index (χ0n) is 24.1. The van der Waals surface area contributed by atoms with Crippen LogP contribution in [0.1, 0.15) is 54.0 Å². The van der Waals surface area contributed by atoms with Gasteiger partial charge < -0.3 is 34.3 Å². The van der Waals surface area contributed by atoms with Crippen LogP contribution >= 0.6 is 7.36 Å². The first-order chi connectivity index (χ1) is 20.2. The van der Waals surface area contributed by atoms with Crippen LogP contribution in [-0.4, -0.2) is 90.8 Å². The first kappa shape index (κ1) is 32.7. The number of carbonyl (C=O) groups excluding carboxylic acids is 4. The summed E-state index contributed by atoms with van der Waals surface area (Å²) < 4.78 is 36.0. The molecule has 0 spiro atoms. The van der Waals surface area contributed by atoms with Crippen molar-refractivity contribution in [1.29, 1.82) is 0 Å². The predicted molar refractivity (Wildman–Crippen MR) is 150 cm³/mol. The minimum absolute atomic E-state index is 0.0107. The van der Waals surface area contributed by atoms with Crippen molar-refractivity contribution in [1.82, 2.24) is 14.9 Å². The number of anilines is 1. The van der Waals surface area contributed by atoms with E-state index in [0.29, 0.717) is 59.5 Å². The second kappa shape index (κ2) is 18.6. The molecule has 0 aromatic carbocycles. The molecule has 1 unspecified atom stereocenters. The summed E-state index contributed by atoms with van der Waals surface area (Å²) in [6, 6.07) is 1.53. The van der Waals surface area contributed by atoms with E-state index in [1.165, 1.54) is 26.1 Å². The molecule has 1 aliphatic heterocycles. The highest BCUT2D eigenvalue weighted by molar-refractivity contribution is 7.96. The van der Waals surface area contributed by atoms with Crippen LogP contribution in [-0.2, 0) is 54.7 Å². The number of rotatable bonds is 19. The van der Waals surface area contributed by atoms with Crippen molar-refractivity contribution in [3.63, 3.8) is 0 Å². The van der Waals surface area contributed by atoms with Crippen molar-refractivity contribution in [2.75, 3.05) is 44.6 Å². The molecular weight excluding hydrogens is 579 g/mol. The van der Waals surface area contributed by atoms with E-state index in [4.69, 9.17) is 36.9 Å². The van der Waals surface area contributed by atoms with Gasteiger partial charge in [0.25, 0.3) is 0 Å². The van der Waals surface area contributed by atoms with E-state index < -0.39 is 42.2 Å². The maximum Gasteiger partial charge on any atom is 0.351 e. The molecule has 14 nitrogen and oxygen atoms in total. The molecule has 2 rings (SSSR count). The molecule has 1 aliphatic rings. The normalized spacial score (nSPS) is 20.3. The number of amides is 1. The van der Waals surface area contributed by atoms with Gasteiger partial charge in [0, 0.05) is 53.8 Å². The monoisotopic (exact) mass is 617 g/mol. The van der Waals surface area contributed by atoms with Gasteiger partial charge in [0.2, 0.25) is 5.91 Å². The molecule has 2 heterocycles. The van der Waals surface area contributed by atoms with Crippen molar-refractivity contribution >= 4 is 48.6 Å². The van der Waals surface area contributed by atoms with Crippen molar-refractivity contribution in [3.8, 4) is 0 Å². The second-order valence-corrected chi connectivity index (χ2v) is 10.2. The Labute approximate surface area is 246 Å². The fourth-order valence-electron chi connectivity index (χ4n) is 3.82. The Hall–Kier alpha value is -2.84. The van der Waals surface area contributed by atoms with Gasteiger partial charge in [-0.2, -0.15) is 4.98 Å². The minimum Gasteiger partial charge on any atom is -0.456 e. The first-order valence-corrected chi connectivity index (χ1v) is 15.1. The molecule has 0 bridgehead atoms. The van der Waals surface area contributed by atoms with E-state index >= 15 is 0 Å². The Morgan fingerprint density at radius 1 is 1.07 bits per heavy atom. The number of aromatic nitrogens is 2. The Bertz CT molecular complexity index is 1130. The van der Waals surface area contributed by atoms with Crippen molar-refractivity contribution < 1.29 is 44.2 Å². The summed E-state index contributed by atoms with van der Waals surface area (Å²) in [6.45, 7) is 3.85. The third kappa shape index (κ3) is 12.7. The lowest BCUT2D eigenvalue weighted by Gasteiger charge is -2.23. The molecule has 1 amide bonds. The summed E-state index contributed by atoms with van der Waals surface area (Å²) in [4.78, 5) is 63.2. The Morgan fingerprint density at radius 3 is 2.44 bits per heavy atom. The third-order valence-electron chi connectivity index (χ3n) is 5.63. The van der Waals surface area contributed by atoms with Crippen molar-refractivity contribution in [2.45, 2.75) is 71.0 Å². The fraction of sp³-hybridized carbons (Fsp3) is 0.680. The molecule has 1 fully saturated rings. The number of carbonyl (C=O) groups is 4. The number of nitrogens with one attached hydrogen (secondary N) is 2. The number of hydrogen-bond donors (Lipinski definition) is 2. The molecule has 2 N–H and O–H groups in total. The van der Waals surface area contributed by atoms with Gasteiger partial charge in [0.1, 0.15) is 11.6 Å². The lowest BCUT2D eigenvalue weighted by molar-refractivity contribution is -0.165. The lowest BCUT2D eigenvalue weighted by atomic mass is 10.1. The number of hydrogen-bond acceptors (Lipinski definition) is 13. The molecule has 16 heteroatoms. The summed E-state index contributed by atoms with van der Waals surface area (Å²) in [7, 11) is 0.659. The first-order valence-electron chi connectivity index (χ1n) is 13.7. The van der Waals surface area contributed by atoms with Crippen LogP contribution < -0.4 is 16.3 Å². The predicted octanol–water partition coefficient (Wildman–Crippen LogP) is 1.08. The summed E-state index contributed by atoms with van der Waals surface area (Å²) in [6.07, 6.45) is -1.11. The number of ketones is 1. The summed E-state index contributed by atoms with van der Waals surface area (Å²) in [5.74, 6) is -1.17. The topological polar surface area (TPSA) is 173 Å². The van der Waals surface area contributed by atoms with Crippen molar-refractivity contribution in [3.05, 3.63) is 22.7 Å². The van der Waals surface area contributed by atoms with E-state index in [0.717, 1.165) is 4.57 Å². The highest BCUT2D eigenvalue weighted by atomic mass is 32.4. The zero-order valence-corrected chi connectivity index (χ0v) is 24.8. The van der Waals surface area contributed by atoms with Gasteiger partial charge in [-0.05, 0) is 26.7 Å². The third-order valence-corrected chi connectivity index (χ3v) is 6.31. The van der Waals surface area contributed by atoms with E-state index in [9.17, 15) is 24.0 Å². The van der Waals surface area contributed by atoms with Crippen LogP contribution in [0.4, 0.5) is 5.82 Å². The van der Waals surface area contributed by atoms with Crippen LogP contribution in [0.5, 0.6) is 0 Å². The van der Waals surface area contributed by atoms with E-state index in [-0.39, 0.29) is 37.2 Å². The van der Waals surface area contributed by atoms with Gasteiger partial charge in [-0.15, -0.1) is 0 Å². The molecule has 41 heavy (non-hydrogen) atoms. The average molecular weight is 618 g/mol. The highest BCUT2D eigenvalue weighted by Gasteiger charge is 2.48. The van der Waals surface area contributed by atoms with Gasteiger partial charge in [-0.1, -0.05) is 11.8 Å². The SMILES string of the molecule is [2H]C[C@H]1O[C@@H](n2ccc(NCCOCCOCCCC(=O)CCC(=O)NCP=S)nc2=O)[C@@H](OC(C)=O)C1OC(C)=O. The number of Topliss-reactive ketones (excluding diaryl/α,β-unsaturated/α-hetero) is 1. The minimum atomic E-state index is -1.13.